The molecule has 1 aliphatic heterocycles. The van der Waals surface area contributed by atoms with Gasteiger partial charge in [-0.3, -0.25) is 9.59 Å². The molecule has 1 unspecified atom stereocenters. The Hall–Kier alpha value is -1.06. The fraction of sp³-hybridized carbons (Fsp3) is 0.867. The third-order valence-electron chi connectivity index (χ3n) is 4.35. The first-order chi connectivity index (χ1) is 9.10. The second kappa shape index (κ2) is 5.93. The third kappa shape index (κ3) is 3.10. The normalized spacial score (nSPS) is 24.9. The monoisotopic (exact) mass is 266 g/mol. The molecule has 2 rings (SSSR count). The van der Waals surface area contributed by atoms with Gasteiger partial charge < -0.3 is 10.2 Å². The van der Waals surface area contributed by atoms with Crippen LogP contribution in [0.1, 0.15) is 52.4 Å². The summed E-state index contributed by atoms with van der Waals surface area (Å²) in [5.41, 5.74) is -0.704. The van der Waals surface area contributed by atoms with Crippen LogP contribution in [0.25, 0.3) is 0 Å². The van der Waals surface area contributed by atoms with Crippen molar-refractivity contribution in [2.45, 2.75) is 52.4 Å². The molecule has 0 aromatic heterocycles. The SMILES string of the molecule is CCCCNC(=O)C1(C(=O)N2CCCC(C)C2)CC1. The van der Waals surface area contributed by atoms with Crippen molar-refractivity contribution >= 4 is 11.8 Å². The van der Waals surface area contributed by atoms with Gasteiger partial charge in [-0.2, -0.15) is 0 Å². The van der Waals surface area contributed by atoms with E-state index in [9.17, 15) is 9.59 Å². The van der Waals surface area contributed by atoms with E-state index < -0.39 is 5.41 Å². The van der Waals surface area contributed by atoms with Gasteiger partial charge in [0.1, 0.15) is 5.41 Å². The largest absolute Gasteiger partial charge is 0.355 e. The lowest BCUT2D eigenvalue weighted by molar-refractivity contribution is -0.145. The van der Waals surface area contributed by atoms with Crippen LogP contribution >= 0.6 is 0 Å². The lowest BCUT2D eigenvalue weighted by Gasteiger charge is -2.33. The molecule has 0 aromatic carbocycles. The summed E-state index contributed by atoms with van der Waals surface area (Å²) in [6, 6.07) is 0. The van der Waals surface area contributed by atoms with Gasteiger partial charge in [-0.05, 0) is 38.0 Å². The Balaban J connectivity index is 1.91. The number of hydrogen-bond donors (Lipinski definition) is 1. The summed E-state index contributed by atoms with van der Waals surface area (Å²) in [7, 11) is 0. The lowest BCUT2D eigenvalue weighted by Crippen LogP contribution is -2.48. The van der Waals surface area contributed by atoms with Crippen LogP contribution in [-0.4, -0.2) is 36.3 Å². The zero-order chi connectivity index (χ0) is 13.9. The molecule has 1 heterocycles. The number of piperidine rings is 1. The molecule has 0 aromatic rings. The van der Waals surface area contributed by atoms with Crippen LogP contribution < -0.4 is 5.32 Å². The predicted octanol–water partition coefficient (Wildman–Crippen LogP) is 1.94. The number of hydrogen-bond acceptors (Lipinski definition) is 2. The maximum absolute atomic E-state index is 12.6. The van der Waals surface area contributed by atoms with E-state index in [2.05, 4.69) is 19.2 Å². The van der Waals surface area contributed by atoms with Crippen LogP contribution in [0.4, 0.5) is 0 Å². The highest BCUT2D eigenvalue weighted by Gasteiger charge is 2.57. The molecule has 2 amide bonds. The molecule has 1 saturated heterocycles. The van der Waals surface area contributed by atoms with Crippen molar-refractivity contribution in [2.24, 2.45) is 11.3 Å². The first-order valence-corrected chi connectivity index (χ1v) is 7.68. The Morgan fingerprint density at radius 1 is 1.37 bits per heavy atom. The molecular weight excluding hydrogens is 240 g/mol. The summed E-state index contributed by atoms with van der Waals surface area (Å²) in [6.07, 6.45) is 5.77. The number of nitrogens with zero attached hydrogens (tertiary/aromatic N) is 1. The van der Waals surface area contributed by atoms with Gasteiger partial charge in [0, 0.05) is 19.6 Å². The molecule has 0 radical (unpaired) electrons. The van der Waals surface area contributed by atoms with Crippen LogP contribution in [0.3, 0.4) is 0 Å². The van der Waals surface area contributed by atoms with Crippen molar-refractivity contribution in [1.29, 1.82) is 0 Å². The third-order valence-corrected chi connectivity index (χ3v) is 4.35. The molecule has 2 aliphatic rings. The van der Waals surface area contributed by atoms with Gasteiger partial charge in [-0.15, -0.1) is 0 Å². The molecule has 19 heavy (non-hydrogen) atoms. The standard InChI is InChI=1S/C15H26N2O2/c1-3-4-9-16-13(18)15(7-8-15)14(19)17-10-5-6-12(2)11-17/h12H,3-11H2,1-2H3,(H,16,18). The first-order valence-electron chi connectivity index (χ1n) is 7.68. The maximum Gasteiger partial charge on any atom is 0.238 e. The van der Waals surface area contributed by atoms with Crippen molar-refractivity contribution in [3.63, 3.8) is 0 Å². The van der Waals surface area contributed by atoms with Crippen molar-refractivity contribution in [2.75, 3.05) is 19.6 Å². The molecule has 1 atom stereocenters. The van der Waals surface area contributed by atoms with Gasteiger partial charge in [0.15, 0.2) is 0 Å². The molecule has 4 heteroatoms. The fourth-order valence-corrected chi connectivity index (χ4v) is 2.89. The summed E-state index contributed by atoms with van der Waals surface area (Å²) in [4.78, 5) is 26.7. The van der Waals surface area contributed by atoms with Gasteiger partial charge >= 0.3 is 0 Å². The Labute approximate surface area is 115 Å². The highest BCUT2D eigenvalue weighted by molar-refractivity contribution is 6.07. The zero-order valence-electron chi connectivity index (χ0n) is 12.2. The highest BCUT2D eigenvalue weighted by Crippen LogP contribution is 2.48. The quantitative estimate of drug-likeness (QED) is 0.610. The molecule has 2 fully saturated rings. The summed E-state index contributed by atoms with van der Waals surface area (Å²) in [5.74, 6) is 0.605. The van der Waals surface area contributed by atoms with Crippen molar-refractivity contribution in [3.8, 4) is 0 Å². The summed E-state index contributed by atoms with van der Waals surface area (Å²) in [6.45, 7) is 6.62. The number of unbranched alkanes of at least 4 members (excludes halogenated alkanes) is 1. The van der Waals surface area contributed by atoms with Gasteiger partial charge in [0.25, 0.3) is 0 Å². The van der Waals surface area contributed by atoms with Crippen LogP contribution in [-0.2, 0) is 9.59 Å². The Morgan fingerprint density at radius 2 is 2.11 bits per heavy atom. The molecule has 108 valence electrons. The number of carbonyl (C=O) groups is 2. The van der Waals surface area contributed by atoms with Crippen LogP contribution in [0.15, 0.2) is 0 Å². The average molecular weight is 266 g/mol. The minimum Gasteiger partial charge on any atom is -0.355 e. The average Bonchev–Trinajstić information content (AvgIpc) is 3.19. The topological polar surface area (TPSA) is 49.4 Å². The van der Waals surface area contributed by atoms with E-state index in [1.54, 1.807) is 0 Å². The minimum atomic E-state index is -0.704. The summed E-state index contributed by atoms with van der Waals surface area (Å²) < 4.78 is 0. The van der Waals surface area contributed by atoms with E-state index in [4.69, 9.17) is 0 Å². The van der Waals surface area contributed by atoms with Gasteiger partial charge in [-0.1, -0.05) is 20.3 Å². The van der Waals surface area contributed by atoms with Crippen LogP contribution in [0.2, 0.25) is 0 Å². The highest BCUT2D eigenvalue weighted by atomic mass is 16.2. The number of carbonyl (C=O) groups excluding carboxylic acids is 2. The molecular formula is C15H26N2O2. The Kier molecular flexibility index (Phi) is 4.48. The molecule has 1 saturated carbocycles. The van der Waals surface area contributed by atoms with E-state index >= 15 is 0 Å². The minimum absolute atomic E-state index is 0.0378. The first kappa shape index (κ1) is 14.4. The number of rotatable bonds is 5. The molecule has 1 N–H and O–H groups in total. The maximum atomic E-state index is 12.6. The van der Waals surface area contributed by atoms with Crippen molar-refractivity contribution in [3.05, 3.63) is 0 Å². The van der Waals surface area contributed by atoms with E-state index in [-0.39, 0.29) is 11.8 Å². The Morgan fingerprint density at radius 3 is 2.68 bits per heavy atom. The second-order valence-corrected chi connectivity index (χ2v) is 6.19. The van der Waals surface area contributed by atoms with Crippen LogP contribution in [0.5, 0.6) is 0 Å². The van der Waals surface area contributed by atoms with E-state index in [1.807, 2.05) is 4.90 Å². The number of likely N-dealkylation sites (tertiary alicyclic amines) is 1. The van der Waals surface area contributed by atoms with Crippen LogP contribution in [0, 0.1) is 11.3 Å². The summed E-state index contributed by atoms with van der Waals surface area (Å²) in [5, 5.41) is 2.93. The molecule has 0 bridgehead atoms. The smallest absolute Gasteiger partial charge is 0.238 e. The number of nitrogens with one attached hydrogen (secondary N) is 1. The second-order valence-electron chi connectivity index (χ2n) is 6.19. The molecule has 4 nitrogen and oxygen atoms in total. The van der Waals surface area contributed by atoms with E-state index in [0.29, 0.717) is 12.5 Å². The van der Waals surface area contributed by atoms with Crippen molar-refractivity contribution < 1.29 is 9.59 Å². The zero-order valence-corrected chi connectivity index (χ0v) is 12.2. The number of amides is 2. The lowest BCUT2D eigenvalue weighted by atomic mass is 9.97. The summed E-state index contributed by atoms with van der Waals surface area (Å²) >= 11 is 0. The van der Waals surface area contributed by atoms with E-state index in [1.165, 1.54) is 6.42 Å². The molecule has 0 spiro atoms. The van der Waals surface area contributed by atoms with Gasteiger partial charge in [-0.25, -0.2) is 0 Å². The Bertz CT molecular complexity index is 350. The van der Waals surface area contributed by atoms with Gasteiger partial charge in [0.05, 0.1) is 0 Å². The molecule has 1 aliphatic carbocycles. The van der Waals surface area contributed by atoms with Crippen molar-refractivity contribution in [1.82, 2.24) is 10.2 Å². The fourth-order valence-electron chi connectivity index (χ4n) is 2.89. The predicted molar refractivity (Wildman–Crippen MR) is 74.6 cm³/mol. The van der Waals surface area contributed by atoms with Gasteiger partial charge in [0.2, 0.25) is 11.8 Å². The van der Waals surface area contributed by atoms with E-state index in [0.717, 1.165) is 45.2 Å².